The van der Waals surface area contributed by atoms with Crippen molar-refractivity contribution in [2.75, 3.05) is 0 Å². The Kier molecular flexibility index (Phi) is 4.64. The number of fused-ring (bicyclic) bond motifs is 3. The van der Waals surface area contributed by atoms with E-state index in [9.17, 15) is 4.79 Å². The molecule has 0 unspecified atom stereocenters. The van der Waals surface area contributed by atoms with E-state index in [4.69, 9.17) is 21.4 Å². The van der Waals surface area contributed by atoms with Gasteiger partial charge in [0.1, 0.15) is 5.75 Å². The van der Waals surface area contributed by atoms with Gasteiger partial charge < -0.3 is 4.74 Å². The van der Waals surface area contributed by atoms with Crippen molar-refractivity contribution in [3.63, 3.8) is 0 Å². The van der Waals surface area contributed by atoms with E-state index in [0.29, 0.717) is 17.0 Å². The van der Waals surface area contributed by atoms with Crippen LogP contribution in [0.5, 0.6) is 5.75 Å². The molecule has 6 heteroatoms. The summed E-state index contributed by atoms with van der Waals surface area (Å²) in [4.78, 5) is 13.2. The van der Waals surface area contributed by atoms with Crippen LogP contribution < -0.4 is 4.74 Å². The second kappa shape index (κ2) is 7.32. The molecule has 2 aliphatic rings. The standard InChI is InChI=1S/C23H16BrClN2O2/c24-16-8-11-21-18(12-16)20-13-19(14-6-9-17(25)10-7-14)26-27(20)23(29-21)22(28)15-4-2-1-3-5-15/h1-12,20,23H,13H2/t20-,23-/m0/s1. The Hall–Kier alpha value is -2.63. The van der Waals surface area contributed by atoms with E-state index in [1.54, 1.807) is 17.1 Å². The van der Waals surface area contributed by atoms with Crippen LogP contribution in [0.1, 0.15) is 33.9 Å². The summed E-state index contributed by atoms with van der Waals surface area (Å²) in [6.45, 7) is 0. The maximum atomic E-state index is 13.2. The Morgan fingerprint density at radius 3 is 2.59 bits per heavy atom. The lowest BCUT2D eigenvalue weighted by molar-refractivity contribution is -0.00459. The van der Waals surface area contributed by atoms with E-state index >= 15 is 0 Å². The molecule has 0 radical (unpaired) electrons. The minimum absolute atomic E-state index is 0.0698. The second-order valence-electron chi connectivity index (χ2n) is 7.04. The van der Waals surface area contributed by atoms with Crippen LogP contribution in [0.4, 0.5) is 0 Å². The van der Waals surface area contributed by atoms with Gasteiger partial charge >= 0.3 is 0 Å². The molecular weight excluding hydrogens is 452 g/mol. The maximum absolute atomic E-state index is 13.2. The van der Waals surface area contributed by atoms with Crippen molar-refractivity contribution in [3.8, 4) is 5.75 Å². The molecule has 0 saturated carbocycles. The number of hydrogen-bond acceptors (Lipinski definition) is 4. The predicted octanol–water partition coefficient (Wildman–Crippen LogP) is 5.86. The number of hydrogen-bond donors (Lipinski definition) is 0. The first-order valence-electron chi connectivity index (χ1n) is 9.27. The Morgan fingerprint density at radius 1 is 1.07 bits per heavy atom. The molecule has 2 atom stereocenters. The molecule has 144 valence electrons. The molecule has 0 N–H and O–H groups in total. The van der Waals surface area contributed by atoms with Crippen molar-refractivity contribution in [3.05, 3.63) is 99.0 Å². The van der Waals surface area contributed by atoms with Crippen LogP contribution in [0.25, 0.3) is 0 Å². The van der Waals surface area contributed by atoms with Crippen molar-refractivity contribution in [2.45, 2.75) is 18.7 Å². The van der Waals surface area contributed by atoms with Gasteiger partial charge in [-0.15, -0.1) is 0 Å². The zero-order valence-electron chi connectivity index (χ0n) is 15.3. The van der Waals surface area contributed by atoms with Crippen LogP contribution in [0.2, 0.25) is 5.02 Å². The summed E-state index contributed by atoms with van der Waals surface area (Å²) >= 11 is 9.58. The minimum Gasteiger partial charge on any atom is -0.461 e. The van der Waals surface area contributed by atoms with Gasteiger partial charge in [0.15, 0.2) is 0 Å². The highest BCUT2D eigenvalue weighted by molar-refractivity contribution is 9.10. The molecule has 0 spiro atoms. The number of ketones is 1. The van der Waals surface area contributed by atoms with Crippen molar-refractivity contribution in [1.29, 1.82) is 0 Å². The highest BCUT2D eigenvalue weighted by Gasteiger charge is 2.43. The van der Waals surface area contributed by atoms with Crippen LogP contribution in [-0.2, 0) is 0 Å². The summed E-state index contributed by atoms with van der Waals surface area (Å²) in [5.74, 6) is 0.613. The number of carbonyl (C=O) groups excluding carboxylic acids is 1. The van der Waals surface area contributed by atoms with Crippen LogP contribution in [-0.4, -0.2) is 22.7 Å². The third-order valence-electron chi connectivity index (χ3n) is 5.21. The Balaban J connectivity index is 1.58. The number of rotatable bonds is 3. The fraction of sp³-hybridized carbons (Fsp3) is 0.130. The molecule has 0 bridgehead atoms. The van der Waals surface area contributed by atoms with Crippen LogP contribution in [0.3, 0.4) is 0 Å². The Labute approximate surface area is 181 Å². The first kappa shape index (κ1) is 18.4. The SMILES string of the molecule is O=C(c1ccccc1)[C@@H]1Oc2ccc(Br)cc2[C@@H]2CC(c3ccc(Cl)cc3)=NN12. The number of ether oxygens (including phenoxy) is 1. The van der Waals surface area contributed by atoms with Crippen molar-refractivity contribution in [2.24, 2.45) is 5.10 Å². The predicted molar refractivity (Wildman–Crippen MR) is 117 cm³/mol. The molecule has 29 heavy (non-hydrogen) atoms. The van der Waals surface area contributed by atoms with Crippen LogP contribution >= 0.6 is 27.5 Å². The quantitative estimate of drug-likeness (QED) is 0.453. The van der Waals surface area contributed by atoms with E-state index < -0.39 is 6.23 Å². The monoisotopic (exact) mass is 466 g/mol. The maximum Gasteiger partial charge on any atom is 0.251 e. The van der Waals surface area contributed by atoms with Gasteiger partial charge in [-0.05, 0) is 35.9 Å². The van der Waals surface area contributed by atoms with Gasteiger partial charge in [-0.1, -0.05) is 70.0 Å². The van der Waals surface area contributed by atoms with Gasteiger partial charge in [0.25, 0.3) is 6.23 Å². The number of nitrogens with zero attached hydrogens (tertiary/aromatic N) is 2. The summed E-state index contributed by atoms with van der Waals surface area (Å²) in [6.07, 6.45) is -0.117. The highest BCUT2D eigenvalue weighted by Crippen LogP contribution is 2.44. The third-order valence-corrected chi connectivity index (χ3v) is 5.96. The molecule has 3 aromatic rings. The Morgan fingerprint density at radius 2 is 1.83 bits per heavy atom. The van der Waals surface area contributed by atoms with E-state index in [1.807, 2.05) is 60.7 Å². The topological polar surface area (TPSA) is 41.9 Å². The zero-order chi connectivity index (χ0) is 20.0. The molecule has 0 aromatic heterocycles. The smallest absolute Gasteiger partial charge is 0.251 e. The molecule has 3 aromatic carbocycles. The third kappa shape index (κ3) is 3.34. The van der Waals surface area contributed by atoms with Gasteiger partial charge in [0.05, 0.1) is 11.8 Å². The first-order chi connectivity index (χ1) is 14.1. The lowest BCUT2D eigenvalue weighted by Crippen LogP contribution is -2.45. The van der Waals surface area contributed by atoms with Gasteiger partial charge in [0.2, 0.25) is 5.78 Å². The zero-order valence-corrected chi connectivity index (χ0v) is 17.6. The summed E-state index contributed by atoms with van der Waals surface area (Å²) < 4.78 is 7.11. The lowest BCUT2D eigenvalue weighted by atomic mass is 9.96. The molecular formula is C23H16BrClN2O2. The van der Waals surface area contributed by atoms with Crippen molar-refractivity contribution >= 4 is 39.0 Å². The van der Waals surface area contributed by atoms with E-state index in [1.165, 1.54) is 0 Å². The number of carbonyl (C=O) groups is 1. The molecule has 0 saturated heterocycles. The van der Waals surface area contributed by atoms with E-state index in [2.05, 4.69) is 15.9 Å². The van der Waals surface area contributed by atoms with Gasteiger partial charge in [-0.3, -0.25) is 4.79 Å². The highest BCUT2D eigenvalue weighted by atomic mass is 79.9. The molecule has 0 fully saturated rings. The average Bonchev–Trinajstić information content (AvgIpc) is 3.20. The second-order valence-corrected chi connectivity index (χ2v) is 8.39. The number of benzene rings is 3. The number of halogens is 2. The molecule has 0 amide bonds. The number of Topliss-reactive ketones (excluding diaryl/α,β-unsaturated/α-hetero) is 1. The van der Waals surface area contributed by atoms with Crippen LogP contribution in [0.15, 0.2) is 82.4 Å². The van der Waals surface area contributed by atoms with Gasteiger partial charge in [-0.2, -0.15) is 5.10 Å². The lowest BCUT2D eigenvalue weighted by Gasteiger charge is -2.37. The van der Waals surface area contributed by atoms with Gasteiger partial charge in [-0.25, -0.2) is 5.01 Å². The summed E-state index contributed by atoms with van der Waals surface area (Å²) in [5.41, 5.74) is 3.52. The largest absolute Gasteiger partial charge is 0.461 e. The van der Waals surface area contributed by atoms with Crippen LogP contribution in [0, 0.1) is 0 Å². The summed E-state index contributed by atoms with van der Waals surface area (Å²) in [5, 5.41) is 7.29. The van der Waals surface area contributed by atoms with Gasteiger partial charge in [0, 0.05) is 27.0 Å². The minimum atomic E-state index is -0.805. The summed E-state index contributed by atoms with van der Waals surface area (Å²) in [6, 6.07) is 22.6. The molecule has 2 aliphatic heterocycles. The molecule has 2 heterocycles. The first-order valence-corrected chi connectivity index (χ1v) is 10.4. The van der Waals surface area contributed by atoms with E-state index in [0.717, 1.165) is 27.1 Å². The fourth-order valence-corrected chi connectivity index (χ4v) is 4.30. The summed E-state index contributed by atoms with van der Waals surface area (Å²) in [7, 11) is 0. The number of hydrazone groups is 1. The average molecular weight is 468 g/mol. The Bertz CT molecular complexity index is 1120. The fourth-order valence-electron chi connectivity index (χ4n) is 3.79. The van der Waals surface area contributed by atoms with Crippen molar-refractivity contribution < 1.29 is 9.53 Å². The molecule has 0 aliphatic carbocycles. The van der Waals surface area contributed by atoms with Crippen molar-refractivity contribution in [1.82, 2.24) is 5.01 Å². The molecule has 5 rings (SSSR count). The molecule has 4 nitrogen and oxygen atoms in total. The van der Waals surface area contributed by atoms with E-state index in [-0.39, 0.29) is 11.8 Å². The normalized spacial score (nSPS) is 19.8.